The van der Waals surface area contributed by atoms with E-state index in [0.717, 1.165) is 70.6 Å². The summed E-state index contributed by atoms with van der Waals surface area (Å²) in [5.74, 6) is -0.231. The number of phosphoric acid groups is 1. The van der Waals surface area contributed by atoms with Crippen LogP contribution in [0.15, 0.2) is 97.2 Å². The number of amides is 1. The van der Waals surface area contributed by atoms with E-state index in [1.54, 1.807) is 6.08 Å². The predicted octanol–water partition coefficient (Wildman–Crippen LogP) is 17.4. The highest BCUT2D eigenvalue weighted by Gasteiger charge is 2.27. The van der Waals surface area contributed by atoms with Gasteiger partial charge in [-0.05, 0) is 83.5 Å². The van der Waals surface area contributed by atoms with Crippen molar-refractivity contribution in [3.05, 3.63) is 97.2 Å². The number of aliphatic hydroxyl groups is 1. The second-order valence-corrected chi connectivity index (χ2v) is 21.7. The van der Waals surface area contributed by atoms with Crippen molar-refractivity contribution < 1.29 is 32.9 Å². The Balaban J connectivity index is 4.35. The molecule has 0 bridgehead atoms. The second kappa shape index (κ2) is 51.3. The molecule has 0 aliphatic rings. The maximum absolute atomic E-state index is 12.9. The molecule has 3 N–H and O–H groups in total. The van der Waals surface area contributed by atoms with Gasteiger partial charge in [0.2, 0.25) is 5.91 Å². The third-order valence-electron chi connectivity index (χ3n) is 12.3. The van der Waals surface area contributed by atoms with Crippen LogP contribution in [0.4, 0.5) is 0 Å². The molecule has 0 radical (unpaired) electrons. The number of phosphoric ester groups is 1. The van der Waals surface area contributed by atoms with Crippen molar-refractivity contribution in [2.75, 3.05) is 40.9 Å². The van der Waals surface area contributed by atoms with Gasteiger partial charge < -0.3 is 19.8 Å². The molecular weight excluding hydrogens is 888 g/mol. The molecule has 0 saturated carbocycles. The number of nitrogens with zero attached hydrogens (tertiary/aromatic N) is 1. The molecule has 3 unspecified atom stereocenters. The van der Waals surface area contributed by atoms with E-state index in [-0.39, 0.29) is 25.5 Å². The van der Waals surface area contributed by atoms with Crippen LogP contribution in [-0.4, -0.2) is 73.4 Å². The number of aliphatic hydroxyl groups excluding tert-OH is 1. The number of rotatable bonds is 51. The Morgan fingerprint density at radius 3 is 1.31 bits per heavy atom. The summed E-state index contributed by atoms with van der Waals surface area (Å²) in [5.41, 5.74) is 0. The standard InChI is InChI=1S/C61H109N2O6P/c1-6-8-10-12-14-16-18-20-22-24-26-28-29-30-31-32-33-35-36-38-40-42-44-46-48-50-52-54-60(64)59(58-69-70(66,67)68-57-56-63(3,4)5)62-61(65)55-53-51-49-47-45-43-41-39-37-34-27-25-23-21-19-17-15-13-11-9-7-2/h9,11,15,17,21,23,27,34,39,41,44-47,52,54,59-60,64H,6-8,10,12-14,16,18-20,22,24-26,28-33,35-38,40,42-43,48-51,53,55-58H2,1-5H3,(H-,62,65,66,67)/p+1/b11-9-,17-15-,23-21-,34-27-,41-39-,46-44+,47-45-,54-52+. The van der Waals surface area contributed by atoms with Gasteiger partial charge in [0.15, 0.2) is 0 Å². The molecule has 0 aromatic heterocycles. The zero-order valence-electron chi connectivity index (χ0n) is 46.0. The Hall–Kier alpha value is -2.58. The molecule has 0 heterocycles. The maximum atomic E-state index is 12.9. The van der Waals surface area contributed by atoms with Gasteiger partial charge in [0.25, 0.3) is 0 Å². The first kappa shape index (κ1) is 67.4. The average molecular weight is 999 g/mol. The number of hydrogen-bond donors (Lipinski definition) is 3. The summed E-state index contributed by atoms with van der Waals surface area (Å²) < 4.78 is 23.7. The van der Waals surface area contributed by atoms with E-state index < -0.39 is 20.0 Å². The lowest BCUT2D eigenvalue weighted by Gasteiger charge is -2.25. The number of carbonyl (C=O) groups is 1. The molecule has 404 valence electrons. The Kier molecular flexibility index (Phi) is 49.4. The van der Waals surface area contributed by atoms with E-state index in [2.05, 4.69) is 104 Å². The maximum Gasteiger partial charge on any atom is 0.472 e. The van der Waals surface area contributed by atoms with Crippen molar-refractivity contribution in [1.82, 2.24) is 5.32 Å². The second-order valence-electron chi connectivity index (χ2n) is 20.3. The topological polar surface area (TPSA) is 105 Å². The monoisotopic (exact) mass is 998 g/mol. The number of quaternary nitrogens is 1. The molecule has 8 nitrogen and oxygen atoms in total. The van der Waals surface area contributed by atoms with Crippen LogP contribution in [-0.2, 0) is 18.4 Å². The van der Waals surface area contributed by atoms with Gasteiger partial charge in [0, 0.05) is 6.42 Å². The van der Waals surface area contributed by atoms with Crippen LogP contribution in [0, 0.1) is 0 Å². The summed E-state index contributed by atoms with van der Waals surface area (Å²) in [5, 5.41) is 13.9. The highest BCUT2D eigenvalue weighted by molar-refractivity contribution is 7.47. The van der Waals surface area contributed by atoms with Gasteiger partial charge in [-0.25, -0.2) is 4.57 Å². The van der Waals surface area contributed by atoms with E-state index in [1.807, 2.05) is 27.2 Å². The lowest BCUT2D eigenvalue weighted by Crippen LogP contribution is -2.45. The van der Waals surface area contributed by atoms with E-state index in [1.165, 1.54) is 135 Å². The van der Waals surface area contributed by atoms with Crippen LogP contribution < -0.4 is 5.32 Å². The average Bonchev–Trinajstić information content (AvgIpc) is 3.32. The van der Waals surface area contributed by atoms with Crippen LogP contribution >= 0.6 is 7.82 Å². The summed E-state index contributed by atoms with van der Waals surface area (Å²) in [7, 11) is 1.51. The van der Waals surface area contributed by atoms with Crippen LogP contribution in [0.2, 0.25) is 0 Å². The van der Waals surface area contributed by atoms with Crippen LogP contribution in [0.5, 0.6) is 0 Å². The molecule has 0 aromatic rings. The first-order valence-corrected chi connectivity index (χ1v) is 30.1. The number of allylic oxidation sites excluding steroid dienone is 15. The number of carbonyl (C=O) groups excluding carboxylic acids is 1. The smallest absolute Gasteiger partial charge is 0.387 e. The number of likely N-dealkylation sites (N-methyl/N-ethyl adjacent to an activating group) is 1. The fourth-order valence-electron chi connectivity index (χ4n) is 7.83. The van der Waals surface area contributed by atoms with Crippen molar-refractivity contribution in [2.45, 2.75) is 244 Å². The highest BCUT2D eigenvalue weighted by atomic mass is 31.2. The normalized spacial score (nSPS) is 14.7. The van der Waals surface area contributed by atoms with E-state index >= 15 is 0 Å². The number of unbranched alkanes of at least 4 members (excludes halogenated alkanes) is 24. The SMILES string of the molecule is CC/C=C\C/C=C\C/C=C\C/C=C\C/C=C\C/C=C\CCCCC(=O)NC(COP(=O)(O)OCC[N+](C)(C)C)C(O)/C=C/CC/C=C/CCCCCCCCCCCCCCCCCCCCCCC. The summed E-state index contributed by atoms with van der Waals surface area (Å²) >= 11 is 0. The van der Waals surface area contributed by atoms with Crippen molar-refractivity contribution in [3.8, 4) is 0 Å². The summed E-state index contributed by atoms with van der Waals surface area (Å²) in [6.45, 7) is 4.65. The van der Waals surface area contributed by atoms with Gasteiger partial charge in [0.05, 0.1) is 39.9 Å². The fourth-order valence-corrected chi connectivity index (χ4v) is 8.56. The molecule has 0 fully saturated rings. The van der Waals surface area contributed by atoms with E-state index in [0.29, 0.717) is 17.4 Å². The third-order valence-corrected chi connectivity index (χ3v) is 13.3. The molecule has 0 spiro atoms. The van der Waals surface area contributed by atoms with E-state index in [4.69, 9.17) is 9.05 Å². The van der Waals surface area contributed by atoms with E-state index in [9.17, 15) is 19.4 Å². The molecule has 3 atom stereocenters. The molecule has 0 saturated heterocycles. The molecule has 0 aliphatic carbocycles. The van der Waals surface area contributed by atoms with Gasteiger partial charge >= 0.3 is 7.82 Å². The Bertz CT molecular complexity index is 1460. The third kappa shape index (κ3) is 53.2. The van der Waals surface area contributed by atoms with Crippen LogP contribution in [0.1, 0.15) is 232 Å². The molecule has 70 heavy (non-hydrogen) atoms. The summed E-state index contributed by atoms with van der Waals surface area (Å²) in [4.78, 5) is 23.3. The zero-order chi connectivity index (χ0) is 51.3. The largest absolute Gasteiger partial charge is 0.472 e. The molecule has 0 rings (SSSR count). The summed E-state index contributed by atoms with van der Waals surface area (Å²) in [6.07, 6.45) is 73.8. The molecule has 9 heteroatoms. The zero-order valence-corrected chi connectivity index (χ0v) is 46.9. The number of hydrogen-bond acceptors (Lipinski definition) is 5. The Morgan fingerprint density at radius 1 is 0.500 bits per heavy atom. The fraction of sp³-hybridized carbons (Fsp3) is 0.721. The van der Waals surface area contributed by atoms with Gasteiger partial charge in [0.1, 0.15) is 13.2 Å². The van der Waals surface area contributed by atoms with Crippen molar-refractivity contribution in [2.24, 2.45) is 0 Å². The minimum absolute atomic E-state index is 0.0423. The molecule has 0 aliphatic heterocycles. The first-order chi connectivity index (χ1) is 34.0. The predicted molar refractivity (Wildman–Crippen MR) is 304 cm³/mol. The molecular formula is C61H110N2O6P+. The summed E-state index contributed by atoms with van der Waals surface area (Å²) in [6, 6.07) is -0.894. The molecule has 0 aromatic carbocycles. The van der Waals surface area contributed by atoms with Gasteiger partial charge in [-0.3, -0.25) is 13.8 Å². The van der Waals surface area contributed by atoms with Gasteiger partial charge in [-0.2, -0.15) is 0 Å². The van der Waals surface area contributed by atoms with Crippen molar-refractivity contribution in [3.63, 3.8) is 0 Å². The number of nitrogens with one attached hydrogen (secondary N) is 1. The van der Waals surface area contributed by atoms with Crippen molar-refractivity contribution >= 4 is 13.7 Å². The quantitative estimate of drug-likeness (QED) is 0.0243. The lowest BCUT2D eigenvalue weighted by molar-refractivity contribution is -0.870. The van der Waals surface area contributed by atoms with Crippen molar-refractivity contribution in [1.29, 1.82) is 0 Å². The van der Waals surface area contributed by atoms with Gasteiger partial charge in [-0.15, -0.1) is 0 Å². The Morgan fingerprint density at radius 2 is 0.871 bits per heavy atom. The minimum atomic E-state index is -4.37. The molecule has 1 amide bonds. The lowest BCUT2D eigenvalue weighted by atomic mass is 10.0. The Labute approximate surface area is 432 Å². The van der Waals surface area contributed by atoms with Crippen LogP contribution in [0.25, 0.3) is 0 Å². The minimum Gasteiger partial charge on any atom is -0.387 e. The van der Waals surface area contributed by atoms with Gasteiger partial charge in [-0.1, -0.05) is 239 Å². The highest BCUT2D eigenvalue weighted by Crippen LogP contribution is 2.43. The first-order valence-electron chi connectivity index (χ1n) is 28.6. The van der Waals surface area contributed by atoms with Crippen LogP contribution in [0.3, 0.4) is 0 Å².